The van der Waals surface area contributed by atoms with Crippen molar-refractivity contribution in [3.8, 4) is 11.8 Å². The van der Waals surface area contributed by atoms with E-state index >= 15 is 0 Å². The van der Waals surface area contributed by atoms with Crippen molar-refractivity contribution in [2.45, 2.75) is 0 Å². The van der Waals surface area contributed by atoms with Crippen molar-refractivity contribution in [1.29, 1.82) is 5.26 Å². The molecule has 0 aliphatic carbocycles. The van der Waals surface area contributed by atoms with Crippen LogP contribution in [0, 0.1) is 11.3 Å². The van der Waals surface area contributed by atoms with E-state index in [1.165, 1.54) is 6.20 Å². The van der Waals surface area contributed by atoms with Gasteiger partial charge in [0.25, 0.3) is 11.8 Å². The molecule has 0 N–H and O–H groups in total. The molecule has 1 aliphatic rings. The van der Waals surface area contributed by atoms with Gasteiger partial charge in [-0.05, 0) is 24.3 Å². The van der Waals surface area contributed by atoms with Crippen LogP contribution < -0.4 is 9.64 Å². The largest absolute Gasteiger partial charge is 0.479 e. The molecule has 3 rings (SSSR count). The molecule has 6 nitrogen and oxygen atoms in total. The number of nitriles is 1. The van der Waals surface area contributed by atoms with Gasteiger partial charge < -0.3 is 4.74 Å². The molecule has 0 unspecified atom stereocenters. The summed E-state index contributed by atoms with van der Waals surface area (Å²) in [5.41, 5.74) is 0.815. The molecule has 0 atom stereocenters. The van der Waals surface area contributed by atoms with Crippen LogP contribution in [0.5, 0.6) is 5.75 Å². The molecule has 0 saturated carbocycles. The Hall–Kier alpha value is -3.20. The van der Waals surface area contributed by atoms with E-state index in [-0.39, 0.29) is 17.9 Å². The van der Waals surface area contributed by atoms with E-state index in [0.29, 0.717) is 11.4 Å². The molecule has 102 valence electrons. The quantitative estimate of drug-likeness (QED) is 0.800. The van der Waals surface area contributed by atoms with Crippen LogP contribution in [-0.2, 0) is 0 Å². The van der Waals surface area contributed by atoms with Gasteiger partial charge in [0.05, 0.1) is 11.3 Å². The predicted octanol–water partition coefficient (Wildman–Crippen LogP) is 1.78. The molecule has 2 aromatic rings. The number of amides is 2. The molecule has 6 heteroatoms. The Morgan fingerprint density at radius 1 is 1.19 bits per heavy atom. The van der Waals surface area contributed by atoms with Gasteiger partial charge in [-0.3, -0.25) is 14.6 Å². The van der Waals surface area contributed by atoms with Crippen molar-refractivity contribution < 1.29 is 14.3 Å². The Morgan fingerprint density at radius 3 is 2.81 bits per heavy atom. The zero-order valence-electron chi connectivity index (χ0n) is 10.8. The topological polar surface area (TPSA) is 83.3 Å². The lowest BCUT2D eigenvalue weighted by Gasteiger charge is -2.14. The van der Waals surface area contributed by atoms with Crippen molar-refractivity contribution >= 4 is 17.5 Å². The van der Waals surface area contributed by atoms with Gasteiger partial charge in [-0.1, -0.05) is 6.07 Å². The van der Waals surface area contributed by atoms with E-state index in [1.54, 1.807) is 36.4 Å². The van der Waals surface area contributed by atoms with Gasteiger partial charge >= 0.3 is 0 Å². The number of pyridine rings is 1. The van der Waals surface area contributed by atoms with Crippen LogP contribution in [0.4, 0.5) is 5.69 Å². The first-order chi connectivity index (χ1) is 10.2. The van der Waals surface area contributed by atoms with E-state index in [9.17, 15) is 9.59 Å². The predicted molar refractivity (Wildman–Crippen MR) is 72.9 cm³/mol. The molecule has 0 radical (unpaired) electrons. The number of carbonyl (C=O) groups excluding carboxylic acids is 2. The van der Waals surface area contributed by atoms with E-state index in [4.69, 9.17) is 10.00 Å². The third-order valence-electron chi connectivity index (χ3n) is 3.03. The minimum absolute atomic E-state index is 0.104. The monoisotopic (exact) mass is 279 g/mol. The molecule has 21 heavy (non-hydrogen) atoms. The standard InChI is InChI=1S/C15H9N3O3/c16-6-8-21-11-4-1-3-10(9-11)18-14(19)12-5-2-7-17-13(12)15(18)20/h1-5,7,9H,8H2. The smallest absolute Gasteiger partial charge is 0.284 e. The van der Waals surface area contributed by atoms with Crippen molar-refractivity contribution in [3.63, 3.8) is 0 Å². The number of nitrogens with zero attached hydrogens (tertiary/aromatic N) is 3. The maximum absolute atomic E-state index is 12.3. The first-order valence-corrected chi connectivity index (χ1v) is 6.16. The highest BCUT2D eigenvalue weighted by Crippen LogP contribution is 2.29. The van der Waals surface area contributed by atoms with Gasteiger partial charge in [0.2, 0.25) is 0 Å². The number of imide groups is 1. The summed E-state index contributed by atoms with van der Waals surface area (Å²) in [6.45, 7) is -0.104. The Morgan fingerprint density at radius 2 is 2.05 bits per heavy atom. The summed E-state index contributed by atoms with van der Waals surface area (Å²) >= 11 is 0. The molecule has 0 bridgehead atoms. The van der Waals surface area contributed by atoms with Crippen molar-refractivity contribution in [2.75, 3.05) is 11.5 Å². The molecular formula is C15H9N3O3. The molecule has 1 aliphatic heterocycles. The van der Waals surface area contributed by atoms with Gasteiger partial charge in [-0.15, -0.1) is 0 Å². The second-order valence-corrected chi connectivity index (χ2v) is 4.29. The second kappa shape index (κ2) is 5.06. The minimum atomic E-state index is -0.465. The number of benzene rings is 1. The summed E-state index contributed by atoms with van der Waals surface area (Å²) < 4.78 is 5.18. The fourth-order valence-corrected chi connectivity index (χ4v) is 2.13. The van der Waals surface area contributed by atoms with Gasteiger partial charge in [0.1, 0.15) is 17.5 Å². The Labute approximate surface area is 120 Å². The van der Waals surface area contributed by atoms with Crippen LogP contribution in [0.1, 0.15) is 20.8 Å². The maximum atomic E-state index is 12.3. The number of aromatic nitrogens is 1. The van der Waals surface area contributed by atoms with Gasteiger partial charge in [-0.2, -0.15) is 5.26 Å². The van der Waals surface area contributed by atoms with Crippen LogP contribution in [0.15, 0.2) is 42.6 Å². The van der Waals surface area contributed by atoms with Crippen molar-refractivity contribution in [1.82, 2.24) is 4.98 Å². The number of hydrogen-bond donors (Lipinski definition) is 0. The van der Waals surface area contributed by atoms with Crippen LogP contribution in [0.25, 0.3) is 0 Å². The number of carbonyl (C=O) groups is 2. The molecule has 2 heterocycles. The highest BCUT2D eigenvalue weighted by atomic mass is 16.5. The molecule has 1 aromatic heterocycles. The third-order valence-corrected chi connectivity index (χ3v) is 3.03. The van der Waals surface area contributed by atoms with E-state index in [0.717, 1.165) is 4.90 Å². The third kappa shape index (κ3) is 2.11. The fourth-order valence-electron chi connectivity index (χ4n) is 2.13. The molecule has 0 spiro atoms. The molecule has 0 saturated heterocycles. The summed E-state index contributed by atoms with van der Waals surface area (Å²) in [7, 11) is 0. The lowest BCUT2D eigenvalue weighted by atomic mass is 10.2. The summed E-state index contributed by atoms with van der Waals surface area (Å²) in [5.74, 6) is -0.466. The fraction of sp³-hybridized carbons (Fsp3) is 0.0667. The summed E-state index contributed by atoms with van der Waals surface area (Å²) in [6.07, 6.45) is 1.47. The SMILES string of the molecule is N#CCOc1cccc(N2C(=O)c3cccnc3C2=O)c1. The first-order valence-electron chi connectivity index (χ1n) is 6.16. The lowest BCUT2D eigenvalue weighted by molar-refractivity contribution is 0.0924. The van der Waals surface area contributed by atoms with E-state index in [1.807, 2.05) is 6.07 Å². The lowest BCUT2D eigenvalue weighted by Crippen LogP contribution is -2.29. The number of fused-ring (bicyclic) bond motifs is 1. The van der Waals surface area contributed by atoms with Crippen molar-refractivity contribution in [3.05, 3.63) is 53.9 Å². The van der Waals surface area contributed by atoms with Crippen LogP contribution >= 0.6 is 0 Å². The van der Waals surface area contributed by atoms with Crippen molar-refractivity contribution in [2.24, 2.45) is 0 Å². The summed E-state index contributed by atoms with van der Waals surface area (Å²) in [5, 5.41) is 8.51. The van der Waals surface area contributed by atoms with Crippen LogP contribution in [0.3, 0.4) is 0 Å². The van der Waals surface area contributed by atoms with Gasteiger partial charge in [0, 0.05) is 12.3 Å². The number of ether oxygens (including phenoxy) is 1. The van der Waals surface area contributed by atoms with Gasteiger partial charge in [0.15, 0.2) is 6.61 Å². The molecule has 0 fully saturated rings. The normalized spacial score (nSPS) is 13.0. The molecular weight excluding hydrogens is 270 g/mol. The average molecular weight is 279 g/mol. The van der Waals surface area contributed by atoms with Gasteiger partial charge in [-0.25, -0.2) is 4.90 Å². The molecule has 2 amide bonds. The zero-order valence-corrected chi connectivity index (χ0v) is 10.8. The zero-order chi connectivity index (χ0) is 14.8. The Balaban J connectivity index is 1.98. The highest BCUT2D eigenvalue weighted by Gasteiger charge is 2.37. The Bertz CT molecular complexity index is 745. The van der Waals surface area contributed by atoms with E-state index < -0.39 is 11.8 Å². The van der Waals surface area contributed by atoms with Crippen LogP contribution in [0.2, 0.25) is 0 Å². The Kier molecular flexibility index (Phi) is 3.09. The molecule has 1 aromatic carbocycles. The first kappa shape index (κ1) is 12.8. The average Bonchev–Trinajstić information content (AvgIpc) is 2.78. The number of hydrogen-bond acceptors (Lipinski definition) is 5. The second-order valence-electron chi connectivity index (χ2n) is 4.29. The maximum Gasteiger partial charge on any atom is 0.284 e. The summed E-state index contributed by atoms with van der Waals surface area (Å²) in [6, 6.07) is 11.5. The minimum Gasteiger partial charge on any atom is -0.479 e. The number of anilines is 1. The van der Waals surface area contributed by atoms with Crippen LogP contribution in [-0.4, -0.2) is 23.4 Å². The highest BCUT2D eigenvalue weighted by molar-refractivity contribution is 6.33. The summed E-state index contributed by atoms with van der Waals surface area (Å²) in [4.78, 5) is 29.6. The van der Waals surface area contributed by atoms with E-state index in [2.05, 4.69) is 4.98 Å². The number of rotatable bonds is 3.